The highest BCUT2D eigenvalue weighted by Crippen LogP contribution is 2.30. The van der Waals surface area contributed by atoms with Crippen LogP contribution >= 0.6 is 0 Å². The molecule has 0 saturated heterocycles. The van der Waals surface area contributed by atoms with Gasteiger partial charge in [-0.15, -0.1) is 0 Å². The van der Waals surface area contributed by atoms with Crippen LogP contribution in [0.1, 0.15) is 28.8 Å². The van der Waals surface area contributed by atoms with E-state index in [0.29, 0.717) is 12.1 Å². The Balaban J connectivity index is 1.23. The fourth-order valence-corrected chi connectivity index (χ4v) is 3.57. The Morgan fingerprint density at radius 3 is 2.58 bits per heavy atom. The third-order valence-corrected chi connectivity index (χ3v) is 5.46. The zero-order valence-electron chi connectivity index (χ0n) is 16.9. The first kappa shape index (κ1) is 19.1. The number of nitrogens with zero attached hydrogens (tertiary/aromatic N) is 2. The maximum atomic E-state index is 12.6. The van der Waals surface area contributed by atoms with E-state index in [-0.39, 0.29) is 17.7 Å². The topological polar surface area (TPSA) is 76.0 Å². The van der Waals surface area contributed by atoms with Crippen molar-refractivity contribution in [2.45, 2.75) is 19.4 Å². The summed E-state index contributed by atoms with van der Waals surface area (Å²) in [4.78, 5) is 28.9. The molecule has 0 atom stereocenters. The summed E-state index contributed by atoms with van der Waals surface area (Å²) in [6.45, 7) is 0.389. The van der Waals surface area contributed by atoms with Gasteiger partial charge in [0.25, 0.3) is 5.91 Å². The lowest BCUT2D eigenvalue weighted by Crippen LogP contribution is -2.23. The average molecular weight is 410 g/mol. The van der Waals surface area contributed by atoms with Gasteiger partial charge >= 0.3 is 0 Å². The summed E-state index contributed by atoms with van der Waals surface area (Å²) in [7, 11) is 0. The zero-order valence-corrected chi connectivity index (χ0v) is 16.9. The molecular formula is C25H22N4O2. The van der Waals surface area contributed by atoms with E-state index < -0.39 is 0 Å². The molecule has 0 aliphatic heterocycles. The van der Waals surface area contributed by atoms with Crippen LogP contribution in [0.4, 0.5) is 5.69 Å². The fourth-order valence-electron chi connectivity index (χ4n) is 3.57. The van der Waals surface area contributed by atoms with E-state index in [0.717, 1.165) is 40.8 Å². The SMILES string of the molecule is O=C(NCc1cccc(NC(=O)C2CC2)c1)c1ccc(-n2cnc3ccccc32)cc1. The number of rotatable bonds is 6. The first-order valence-electron chi connectivity index (χ1n) is 10.4. The van der Waals surface area contributed by atoms with Gasteiger partial charge in [0.2, 0.25) is 5.91 Å². The summed E-state index contributed by atoms with van der Waals surface area (Å²) in [5, 5.41) is 5.88. The second-order valence-corrected chi connectivity index (χ2v) is 7.80. The molecule has 4 aromatic rings. The van der Waals surface area contributed by atoms with Crippen LogP contribution in [-0.4, -0.2) is 21.4 Å². The molecule has 0 spiro atoms. The van der Waals surface area contributed by atoms with Crippen LogP contribution in [0.2, 0.25) is 0 Å². The number of hydrogen-bond donors (Lipinski definition) is 2. The van der Waals surface area contributed by atoms with Crippen LogP contribution < -0.4 is 10.6 Å². The molecule has 31 heavy (non-hydrogen) atoms. The fraction of sp³-hybridized carbons (Fsp3) is 0.160. The van der Waals surface area contributed by atoms with Gasteiger partial charge in [-0.25, -0.2) is 4.98 Å². The maximum absolute atomic E-state index is 12.6. The van der Waals surface area contributed by atoms with Crippen LogP contribution in [0, 0.1) is 5.92 Å². The molecule has 2 amide bonds. The van der Waals surface area contributed by atoms with Crippen molar-refractivity contribution >= 4 is 28.5 Å². The third kappa shape index (κ3) is 4.19. The van der Waals surface area contributed by atoms with E-state index in [4.69, 9.17) is 0 Å². The minimum atomic E-state index is -0.144. The van der Waals surface area contributed by atoms with Crippen LogP contribution in [0.15, 0.2) is 79.1 Å². The highest BCUT2D eigenvalue weighted by atomic mass is 16.2. The van der Waals surface area contributed by atoms with E-state index in [2.05, 4.69) is 15.6 Å². The van der Waals surface area contributed by atoms with E-state index in [1.165, 1.54) is 0 Å². The first-order chi connectivity index (χ1) is 15.2. The van der Waals surface area contributed by atoms with Crippen molar-refractivity contribution in [1.82, 2.24) is 14.9 Å². The van der Waals surface area contributed by atoms with Gasteiger partial charge in [0, 0.05) is 29.4 Å². The minimum Gasteiger partial charge on any atom is -0.348 e. The molecule has 2 N–H and O–H groups in total. The third-order valence-electron chi connectivity index (χ3n) is 5.46. The second-order valence-electron chi connectivity index (χ2n) is 7.80. The van der Waals surface area contributed by atoms with E-state index >= 15 is 0 Å². The highest BCUT2D eigenvalue weighted by molar-refractivity contribution is 5.95. The van der Waals surface area contributed by atoms with E-state index in [1.807, 2.05) is 77.4 Å². The number of nitrogens with one attached hydrogen (secondary N) is 2. The summed E-state index contributed by atoms with van der Waals surface area (Å²) >= 11 is 0. The Hall–Kier alpha value is -3.93. The number of para-hydroxylation sites is 2. The number of carbonyl (C=O) groups is 2. The normalized spacial score (nSPS) is 13.2. The van der Waals surface area contributed by atoms with Crippen molar-refractivity contribution in [3.63, 3.8) is 0 Å². The number of hydrogen-bond acceptors (Lipinski definition) is 3. The van der Waals surface area contributed by atoms with Gasteiger partial charge in [0.15, 0.2) is 0 Å². The van der Waals surface area contributed by atoms with Crippen LogP contribution in [0.3, 0.4) is 0 Å². The molecule has 154 valence electrons. The predicted molar refractivity (Wildman–Crippen MR) is 120 cm³/mol. The zero-order chi connectivity index (χ0) is 21.2. The predicted octanol–water partition coefficient (Wildman–Crippen LogP) is 4.30. The number of imidazole rings is 1. The molecule has 1 saturated carbocycles. The summed E-state index contributed by atoms with van der Waals surface area (Å²) in [6.07, 6.45) is 3.73. The molecule has 6 nitrogen and oxygen atoms in total. The van der Waals surface area contributed by atoms with Crippen molar-refractivity contribution < 1.29 is 9.59 Å². The quantitative estimate of drug-likeness (QED) is 0.497. The summed E-state index contributed by atoms with van der Waals surface area (Å²) in [6, 6.07) is 23.0. The molecule has 0 unspecified atom stereocenters. The first-order valence-corrected chi connectivity index (χ1v) is 10.4. The molecule has 0 bridgehead atoms. The Bertz CT molecular complexity index is 1260. The lowest BCUT2D eigenvalue weighted by Gasteiger charge is -2.09. The number of anilines is 1. The van der Waals surface area contributed by atoms with Gasteiger partial charge in [0.1, 0.15) is 6.33 Å². The highest BCUT2D eigenvalue weighted by Gasteiger charge is 2.29. The van der Waals surface area contributed by atoms with Gasteiger partial charge in [-0.1, -0.05) is 24.3 Å². The minimum absolute atomic E-state index is 0.0759. The molecular weight excluding hydrogens is 388 g/mol. The second kappa shape index (κ2) is 8.07. The van der Waals surface area contributed by atoms with E-state index in [1.54, 1.807) is 6.33 Å². The Kier molecular flexibility index (Phi) is 4.96. The monoisotopic (exact) mass is 410 g/mol. The lowest BCUT2D eigenvalue weighted by molar-refractivity contribution is -0.117. The number of amides is 2. The van der Waals surface area contributed by atoms with Crippen molar-refractivity contribution in [1.29, 1.82) is 0 Å². The maximum Gasteiger partial charge on any atom is 0.251 e. The van der Waals surface area contributed by atoms with Crippen LogP contribution in [-0.2, 0) is 11.3 Å². The van der Waals surface area contributed by atoms with Gasteiger partial charge in [-0.3, -0.25) is 14.2 Å². The molecule has 1 aromatic heterocycles. The van der Waals surface area contributed by atoms with E-state index in [9.17, 15) is 9.59 Å². The largest absolute Gasteiger partial charge is 0.348 e. The number of fused-ring (bicyclic) bond motifs is 1. The average Bonchev–Trinajstić information content (AvgIpc) is 3.57. The molecule has 5 rings (SSSR count). The summed E-state index contributed by atoms with van der Waals surface area (Å²) < 4.78 is 2.00. The van der Waals surface area contributed by atoms with Gasteiger partial charge < -0.3 is 10.6 Å². The number of carbonyl (C=O) groups excluding carboxylic acids is 2. The summed E-state index contributed by atoms with van der Waals surface area (Å²) in [5.74, 6) is 0.0908. The van der Waals surface area contributed by atoms with Gasteiger partial charge in [-0.05, 0) is 66.9 Å². The summed E-state index contributed by atoms with van der Waals surface area (Å²) in [5.41, 5.74) is 5.19. The molecule has 1 aliphatic rings. The smallest absolute Gasteiger partial charge is 0.251 e. The van der Waals surface area contributed by atoms with Crippen LogP contribution in [0.5, 0.6) is 0 Å². The van der Waals surface area contributed by atoms with Crippen molar-refractivity contribution in [3.8, 4) is 5.69 Å². The van der Waals surface area contributed by atoms with Crippen molar-refractivity contribution in [2.24, 2.45) is 5.92 Å². The molecule has 0 radical (unpaired) electrons. The molecule has 1 heterocycles. The molecule has 6 heteroatoms. The number of benzene rings is 3. The molecule has 3 aromatic carbocycles. The standard InChI is InChI=1S/C25H22N4O2/c30-24(26-15-17-4-3-5-20(14-17)28-25(31)19-8-9-19)18-10-12-21(13-11-18)29-16-27-22-6-1-2-7-23(22)29/h1-7,10-14,16,19H,8-9,15H2,(H,26,30)(H,28,31). The number of aromatic nitrogens is 2. The Morgan fingerprint density at radius 2 is 1.77 bits per heavy atom. The Morgan fingerprint density at radius 1 is 0.968 bits per heavy atom. The van der Waals surface area contributed by atoms with Gasteiger partial charge in [0.05, 0.1) is 11.0 Å². The Labute approximate surface area is 179 Å². The lowest BCUT2D eigenvalue weighted by atomic mass is 10.1. The van der Waals surface area contributed by atoms with Crippen molar-refractivity contribution in [3.05, 3.63) is 90.3 Å². The van der Waals surface area contributed by atoms with Gasteiger partial charge in [-0.2, -0.15) is 0 Å². The van der Waals surface area contributed by atoms with Crippen LogP contribution in [0.25, 0.3) is 16.7 Å². The van der Waals surface area contributed by atoms with Crippen molar-refractivity contribution in [2.75, 3.05) is 5.32 Å². The molecule has 1 fully saturated rings. The molecule has 1 aliphatic carbocycles.